The maximum atomic E-state index is 15.6. The van der Waals surface area contributed by atoms with Crippen LogP contribution in [0.3, 0.4) is 0 Å². The molecule has 0 bridgehead atoms. The summed E-state index contributed by atoms with van der Waals surface area (Å²) in [4.78, 5) is 35.8. The Hall–Kier alpha value is -3.56. The number of nitrogens with one attached hydrogen (secondary N) is 3. The smallest absolute Gasteiger partial charge is 0.224 e. The molecule has 0 radical (unpaired) electrons. The van der Waals surface area contributed by atoms with Gasteiger partial charge < -0.3 is 30.3 Å². The summed E-state index contributed by atoms with van der Waals surface area (Å²) in [7, 11) is 1.56. The number of carbonyl (C=O) groups excluding carboxylic acids is 2. The Balaban J connectivity index is 1.18. The molecule has 11 nitrogen and oxygen atoms in total. The van der Waals surface area contributed by atoms with Crippen LogP contribution in [0.4, 0.5) is 30.6 Å². The van der Waals surface area contributed by atoms with Crippen LogP contribution in [0, 0.1) is 11.6 Å². The third kappa shape index (κ3) is 7.38. The standard InChI is InChI=1S/C29H37F3N8O3S/c1-17(41)39-11-8-20(9-12-39)35-24(42)4-3-10-33-29-34-15-18-14-21(28(43)38(2)27(18)36-29)25-22(31)5-6-23(26(25)32)37-44-40-13-7-19(30)16-40/h5-6,14-15,19-20,28,37,43H,3-4,7-13,16H2,1-2H3,(H,35,42)(H,33,34,36)/t19-,28?/m1/s1. The summed E-state index contributed by atoms with van der Waals surface area (Å²) >= 11 is 1.05. The molecule has 0 aliphatic carbocycles. The first-order valence-corrected chi connectivity index (χ1v) is 15.5. The lowest BCUT2D eigenvalue weighted by Gasteiger charge is -2.32. The van der Waals surface area contributed by atoms with E-state index < -0.39 is 24.0 Å². The highest BCUT2D eigenvalue weighted by Crippen LogP contribution is 2.38. The van der Waals surface area contributed by atoms with Gasteiger partial charge in [-0.15, -0.1) is 0 Å². The van der Waals surface area contributed by atoms with Gasteiger partial charge in [-0.25, -0.2) is 22.5 Å². The lowest BCUT2D eigenvalue weighted by molar-refractivity contribution is -0.130. The second-order valence-corrected chi connectivity index (χ2v) is 12.1. The first-order chi connectivity index (χ1) is 21.1. The summed E-state index contributed by atoms with van der Waals surface area (Å²) in [5.74, 6) is -1.06. The molecule has 4 N–H and O–H groups in total. The molecular formula is C29H37F3N8O3S. The lowest BCUT2D eigenvalue weighted by atomic mass is 9.96. The zero-order chi connectivity index (χ0) is 31.4. The van der Waals surface area contributed by atoms with Crippen LogP contribution in [0.15, 0.2) is 18.3 Å². The van der Waals surface area contributed by atoms with Crippen molar-refractivity contribution in [2.24, 2.45) is 0 Å². The second kappa shape index (κ2) is 14.0. The highest BCUT2D eigenvalue weighted by Gasteiger charge is 2.31. The summed E-state index contributed by atoms with van der Waals surface area (Å²) in [6, 6.07) is 2.45. The first kappa shape index (κ1) is 31.9. The van der Waals surface area contributed by atoms with Crippen LogP contribution in [0.5, 0.6) is 0 Å². The van der Waals surface area contributed by atoms with Crippen LogP contribution in [0.1, 0.15) is 50.2 Å². The van der Waals surface area contributed by atoms with Gasteiger partial charge in [0.25, 0.3) is 0 Å². The van der Waals surface area contributed by atoms with Crippen LogP contribution in [0.25, 0.3) is 11.6 Å². The van der Waals surface area contributed by atoms with E-state index in [9.17, 15) is 23.5 Å². The van der Waals surface area contributed by atoms with Crippen molar-refractivity contribution in [3.05, 3.63) is 41.1 Å². The SMILES string of the molecule is CC(=O)N1CCC(NC(=O)CCCNc2ncc3c(n2)N(C)C(O)C(c2c(F)ccc(NSN4CC[C@@H](F)C4)c2F)=C3)CC1. The van der Waals surface area contributed by atoms with Crippen molar-refractivity contribution in [3.63, 3.8) is 0 Å². The number of aliphatic hydroxyl groups excluding tert-OH is 1. The van der Waals surface area contributed by atoms with E-state index in [1.54, 1.807) is 23.2 Å². The van der Waals surface area contributed by atoms with Crippen LogP contribution in [-0.4, -0.2) is 94.3 Å². The number of alkyl halides is 1. The van der Waals surface area contributed by atoms with Gasteiger partial charge in [0.1, 0.15) is 17.8 Å². The molecule has 1 unspecified atom stereocenters. The molecule has 5 rings (SSSR count). The molecule has 2 atom stereocenters. The molecule has 2 saturated heterocycles. The number of piperidine rings is 1. The fraction of sp³-hybridized carbons (Fsp3) is 0.517. The summed E-state index contributed by atoms with van der Waals surface area (Å²) in [5.41, 5.74) is 0.107. The molecule has 1 aromatic heterocycles. The van der Waals surface area contributed by atoms with Gasteiger partial charge in [-0.05, 0) is 43.9 Å². The van der Waals surface area contributed by atoms with Gasteiger partial charge in [0, 0.05) is 88.6 Å². The Morgan fingerprint density at radius 2 is 1.93 bits per heavy atom. The van der Waals surface area contributed by atoms with Gasteiger partial charge in [-0.1, -0.05) is 0 Å². The molecule has 0 spiro atoms. The molecule has 1 aromatic carbocycles. The van der Waals surface area contributed by atoms with Gasteiger partial charge in [0.15, 0.2) is 12.0 Å². The molecule has 4 heterocycles. The van der Waals surface area contributed by atoms with Crippen molar-refractivity contribution in [3.8, 4) is 0 Å². The molecule has 0 saturated carbocycles. The Labute approximate surface area is 258 Å². The van der Waals surface area contributed by atoms with Gasteiger partial charge >= 0.3 is 0 Å². The van der Waals surface area contributed by atoms with Crippen molar-refractivity contribution >= 4 is 53.1 Å². The monoisotopic (exact) mass is 634 g/mol. The van der Waals surface area contributed by atoms with E-state index in [2.05, 4.69) is 25.3 Å². The highest BCUT2D eigenvalue weighted by molar-refractivity contribution is 7.98. The van der Waals surface area contributed by atoms with Crippen molar-refractivity contribution in [2.75, 3.05) is 54.7 Å². The van der Waals surface area contributed by atoms with Crippen molar-refractivity contribution in [1.29, 1.82) is 0 Å². The van der Waals surface area contributed by atoms with Crippen LogP contribution in [0.2, 0.25) is 0 Å². The molecule has 238 valence electrons. The number of nitrogens with zero attached hydrogens (tertiary/aromatic N) is 5. The minimum Gasteiger partial charge on any atom is -0.369 e. The number of anilines is 3. The fourth-order valence-electron chi connectivity index (χ4n) is 5.49. The molecule has 44 heavy (non-hydrogen) atoms. The average molecular weight is 635 g/mol. The van der Waals surface area contributed by atoms with Gasteiger partial charge in [-0.3, -0.25) is 9.59 Å². The van der Waals surface area contributed by atoms with E-state index in [0.717, 1.165) is 31.0 Å². The maximum Gasteiger partial charge on any atom is 0.224 e. The number of fused-ring (bicyclic) bond motifs is 1. The number of likely N-dealkylation sites (tertiary alicyclic amines) is 1. The van der Waals surface area contributed by atoms with Crippen LogP contribution >= 0.6 is 12.1 Å². The van der Waals surface area contributed by atoms with Crippen molar-refractivity contribution < 1.29 is 27.9 Å². The van der Waals surface area contributed by atoms with Gasteiger partial charge in [0.05, 0.1) is 11.3 Å². The quantitative estimate of drug-likeness (QED) is 0.228. The predicted octanol–water partition coefficient (Wildman–Crippen LogP) is 3.40. The third-order valence-electron chi connectivity index (χ3n) is 8.01. The number of aliphatic hydroxyl groups is 1. The molecule has 2 amide bonds. The number of rotatable bonds is 10. The molecule has 15 heteroatoms. The number of aromatic nitrogens is 2. The number of amides is 2. The van der Waals surface area contributed by atoms with Crippen LogP contribution < -0.4 is 20.3 Å². The van der Waals surface area contributed by atoms with E-state index in [1.165, 1.54) is 23.2 Å². The predicted molar refractivity (Wildman–Crippen MR) is 164 cm³/mol. The summed E-state index contributed by atoms with van der Waals surface area (Å²) in [6.45, 7) is 4.00. The number of benzene rings is 1. The normalized spacial score (nSPS) is 20.7. The Bertz CT molecular complexity index is 1410. The Kier molecular flexibility index (Phi) is 10.2. The topological polar surface area (TPSA) is 126 Å². The van der Waals surface area contributed by atoms with Crippen molar-refractivity contribution in [1.82, 2.24) is 24.5 Å². The zero-order valence-corrected chi connectivity index (χ0v) is 25.5. The summed E-state index contributed by atoms with van der Waals surface area (Å²) < 4.78 is 48.6. The summed E-state index contributed by atoms with van der Waals surface area (Å²) in [6.07, 6.45) is 3.36. The van der Waals surface area contributed by atoms with E-state index in [-0.39, 0.29) is 47.2 Å². The van der Waals surface area contributed by atoms with Crippen LogP contribution in [-0.2, 0) is 9.59 Å². The Morgan fingerprint density at radius 3 is 2.64 bits per heavy atom. The lowest BCUT2D eigenvalue weighted by Crippen LogP contribution is -2.46. The zero-order valence-electron chi connectivity index (χ0n) is 24.7. The number of hydrogen-bond acceptors (Lipinski definition) is 10. The van der Waals surface area contributed by atoms with E-state index >= 15 is 4.39 Å². The Morgan fingerprint density at radius 1 is 1.16 bits per heavy atom. The second-order valence-electron chi connectivity index (χ2n) is 11.2. The molecule has 3 aliphatic heterocycles. The van der Waals surface area contributed by atoms with Crippen molar-refractivity contribution in [2.45, 2.75) is 57.5 Å². The number of hydrogen-bond donors (Lipinski definition) is 4. The largest absolute Gasteiger partial charge is 0.369 e. The minimum absolute atomic E-state index is 0.0101. The molecule has 2 fully saturated rings. The molecular weight excluding hydrogens is 597 g/mol. The number of carbonyl (C=O) groups is 2. The maximum absolute atomic E-state index is 15.6. The summed E-state index contributed by atoms with van der Waals surface area (Å²) in [5, 5.41) is 17.2. The number of halogens is 3. The van der Waals surface area contributed by atoms with Gasteiger partial charge in [-0.2, -0.15) is 4.98 Å². The van der Waals surface area contributed by atoms with E-state index in [1.807, 2.05) is 0 Å². The molecule has 2 aromatic rings. The first-order valence-electron chi connectivity index (χ1n) is 14.7. The van der Waals surface area contributed by atoms with E-state index in [0.29, 0.717) is 56.8 Å². The number of likely N-dealkylation sites (N-methyl/N-ethyl adjacent to an activating group) is 1. The molecule has 3 aliphatic rings. The fourth-order valence-corrected chi connectivity index (χ4v) is 6.31. The van der Waals surface area contributed by atoms with E-state index in [4.69, 9.17) is 0 Å². The van der Waals surface area contributed by atoms with Gasteiger partial charge in [0.2, 0.25) is 17.8 Å². The average Bonchev–Trinajstić information content (AvgIpc) is 3.42. The highest BCUT2D eigenvalue weighted by atomic mass is 32.2. The third-order valence-corrected chi connectivity index (χ3v) is 8.91. The minimum atomic E-state index is -1.39.